The molecule has 1 amide bonds. The molecule has 2 rings (SSSR count). The number of carbonyl (C=O) groups is 1. The highest BCUT2D eigenvalue weighted by molar-refractivity contribution is 7.92. The molecule has 0 saturated heterocycles. The first kappa shape index (κ1) is 20.8. The van der Waals surface area contributed by atoms with Gasteiger partial charge in [0.05, 0.1) is 35.0 Å². The van der Waals surface area contributed by atoms with E-state index in [0.29, 0.717) is 22.2 Å². The summed E-state index contributed by atoms with van der Waals surface area (Å²) in [5.41, 5.74) is 0.479. The van der Waals surface area contributed by atoms with Gasteiger partial charge in [0.2, 0.25) is 10.0 Å². The number of alkyl halides is 3. The van der Waals surface area contributed by atoms with Gasteiger partial charge in [0.15, 0.2) is 0 Å². The van der Waals surface area contributed by atoms with Gasteiger partial charge < -0.3 is 4.42 Å². The van der Waals surface area contributed by atoms with Gasteiger partial charge in [0.25, 0.3) is 5.91 Å². The van der Waals surface area contributed by atoms with Crippen LogP contribution in [0.3, 0.4) is 0 Å². The first-order valence-electron chi connectivity index (χ1n) is 7.18. The number of furan rings is 1. The third-order valence-electron chi connectivity index (χ3n) is 3.15. The third-order valence-corrected chi connectivity index (χ3v) is 4.60. The van der Waals surface area contributed by atoms with Crippen LogP contribution in [0, 0.1) is 0 Å². The Morgan fingerprint density at radius 1 is 1.37 bits per heavy atom. The number of hydrogen-bond acceptors (Lipinski definition) is 5. The summed E-state index contributed by atoms with van der Waals surface area (Å²) in [6.07, 6.45) is -1.43. The van der Waals surface area contributed by atoms with Gasteiger partial charge in [0, 0.05) is 0 Å². The molecule has 0 unspecified atom stereocenters. The summed E-state index contributed by atoms with van der Waals surface area (Å²) in [4.78, 5) is 12.0. The number of anilines is 1. The van der Waals surface area contributed by atoms with E-state index >= 15 is 0 Å². The van der Waals surface area contributed by atoms with Gasteiger partial charge >= 0.3 is 6.18 Å². The summed E-state index contributed by atoms with van der Waals surface area (Å²) in [6, 6.07) is 5.32. The van der Waals surface area contributed by atoms with Crippen molar-refractivity contribution in [1.29, 1.82) is 0 Å². The molecule has 0 aliphatic rings. The lowest BCUT2D eigenvalue weighted by Gasteiger charge is -2.23. The predicted octanol–water partition coefficient (Wildman–Crippen LogP) is 2.87. The molecule has 12 heteroatoms. The van der Waals surface area contributed by atoms with Crippen LogP contribution in [0.4, 0.5) is 18.9 Å². The fourth-order valence-electron chi connectivity index (χ4n) is 1.96. The second-order valence-electron chi connectivity index (χ2n) is 5.24. The summed E-state index contributed by atoms with van der Waals surface area (Å²) in [5, 5.41) is 3.31. The molecule has 1 heterocycles. The molecule has 0 saturated carbocycles. The SMILES string of the molecule is CS(=O)(=O)N(CC(=O)N/N=C/c1ccco1)c1cc(C(F)(F)F)ccc1Cl. The number of halogens is 4. The zero-order chi connectivity index (χ0) is 20.2. The molecule has 0 radical (unpaired) electrons. The smallest absolute Gasteiger partial charge is 0.416 e. The van der Waals surface area contributed by atoms with Crippen molar-refractivity contribution in [2.45, 2.75) is 6.18 Å². The largest absolute Gasteiger partial charge is 0.463 e. The highest BCUT2D eigenvalue weighted by atomic mass is 35.5. The summed E-state index contributed by atoms with van der Waals surface area (Å²) in [5.74, 6) is -0.562. The van der Waals surface area contributed by atoms with Crippen molar-refractivity contribution in [3.8, 4) is 0 Å². The lowest BCUT2D eigenvalue weighted by Crippen LogP contribution is -2.39. The Morgan fingerprint density at radius 3 is 2.63 bits per heavy atom. The van der Waals surface area contributed by atoms with Gasteiger partial charge in [-0.25, -0.2) is 13.8 Å². The number of nitrogens with one attached hydrogen (secondary N) is 1. The van der Waals surface area contributed by atoms with Crippen molar-refractivity contribution in [3.63, 3.8) is 0 Å². The van der Waals surface area contributed by atoms with Crippen molar-refractivity contribution in [2.75, 3.05) is 17.1 Å². The Hall–Kier alpha value is -2.53. The number of carbonyl (C=O) groups excluding carboxylic acids is 1. The van der Waals surface area contributed by atoms with E-state index in [4.69, 9.17) is 16.0 Å². The average Bonchev–Trinajstić information content (AvgIpc) is 3.04. The van der Waals surface area contributed by atoms with Crippen LogP contribution < -0.4 is 9.73 Å². The van der Waals surface area contributed by atoms with Gasteiger partial charge in [0.1, 0.15) is 12.3 Å². The molecule has 0 bridgehead atoms. The van der Waals surface area contributed by atoms with Gasteiger partial charge in [-0.15, -0.1) is 0 Å². The number of amides is 1. The van der Waals surface area contributed by atoms with E-state index in [1.807, 2.05) is 0 Å². The van der Waals surface area contributed by atoms with Crippen molar-refractivity contribution in [3.05, 3.63) is 52.9 Å². The van der Waals surface area contributed by atoms with Crippen molar-refractivity contribution in [1.82, 2.24) is 5.43 Å². The number of sulfonamides is 1. The zero-order valence-corrected chi connectivity index (χ0v) is 15.3. The van der Waals surface area contributed by atoms with Crippen molar-refractivity contribution in [2.24, 2.45) is 5.10 Å². The molecule has 0 atom stereocenters. The van der Waals surface area contributed by atoms with Gasteiger partial charge in [-0.05, 0) is 30.3 Å². The minimum Gasteiger partial charge on any atom is -0.463 e. The Labute approximate surface area is 157 Å². The maximum atomic E-state index is 12.9. The van der Waals surface area contributed by atoms with Crippen LogP contribution in [0.1, 0.15) is 11.3 Å². The number of hydrogen-bond donors (Lipinski definition) is 1. The van der Waals surface area contributed by atoms with Gasteiger partial charge in [-0.1, -0.05) is 11.6 Å². The number of rotatable bonds is 6. The maximum Gasteiger partial charge on any atom is 0.416 e. The van der Waals surface area contributed by atoms with Crippen LogP contribution in [0.2, 0.25) is 5.02 Å². The Balaban J connectivity index is 2.25. The fraction of sp³-hybridized carbons (Fsp3) is 0.200. The lowest BCUT2D eigenvalue weighted by atomic mass is 10.2. The molecule has 0 aliphatic carbocycles. The predicted molar refractivity (Wildman–Crippen MR) is 93.1 cm³/mol. The van der Waals surface area contributed by atoms with Gasteiger partial charge in [-0.3, -0.25) is 9.10 Å². The summed E-state index contributed by atoms with van der Waals surface area (Å²) < 4.78 is 68.1. The molecule has 0 fully saturated rings. The molecule has 2 aromatic rings. The number of hydrazone groups is 1. The standard InChI is InChI=1S/C15H13ClF3N3O4S/c1-27(24,25)22(9-14(23)21-20-8-11-3-2-6-26-11)13-7-10(15(17,18)19)4-5-12(13)16/h2-8H,9H2,1H3,(H,21,23)/b20-8+. The van der Waals surface area contributed by atoms with Crippen molar-refractivity contribution < 1.29 is 30.8 Å². The third kappa shape index (κ3) is 5.73. The second-order valence-corrected chi connectivity index (χ2v) is 7.56. The van der Waals surface area contributed by atoms with E-state index < -0.39 is 39.9 Å². The van der Waals surface area contributed by atoms with E-state index in [2.05, 4.69) is 10.5 Å². The molecule has 1 N–H and O–H groups in total. The Kier molecular flexibility index (Phi) is 6.16. The number of nitrogens with zero attached hydrogens (tertiary/aromatic N) is 2. The van der Waals surface area contributed by atoms with Crippen LogP contribution in [0.15, 0.2) is 46.1 Å². The molecule has 1 aromatic carbocycles. The normalized spacial score (nSPS) is 12.3. The summed E-state index contributed by atoms with van der Waals surface area (Å²) >= 11 is 5.86. The first-order chi connectivity index (χ1) is 12.5. The average molecular weight is 424 g/mol. The molecule has 27 heavy (non-hydrogen) atoms. The fourth-order valence-corrected chi connectivity index (χ4v) is 3.09. The van der Waals surface area contributed by atoms with Crippen LogP contribution in [0.5, 0.6) is 0 Å². The molecule has 0 aliphatic heterocycles. The molecular weight excluding hydrogens is 411 g/mol. The van der Waals surface area contributed by atoms with E-state index in [1.165, 1.54) is 12.5 Å². The topological polar surface area (TPSA) is 92.0 Å². The van der Waals surface area contributed by atoms with E-state index in [-0.39, 0.29) is 5.02 Å². The Morgan fingerprint density at radius 2 is 2.07 bits per heavy atom. The molecular formula is C15H13ClF3N3O4S. The minimum atomic E-state index is -4.71. The molecule has 1 aromatic heterocycles. The number of benzene rings is 1. The quantitative estimate of drug-likeness (QED) is 0.571. The van der Waals surface area contributed by atoms with Crippen LogP contribution >= 0.6 is 11.6 Å². The highest BCUT2D eigenvalue weighted by Crippen LogP contribution is 2.36. The van der Waals surface area contributed by atoms with Crippen LogP contribution in [-0.2, 0) is 21.0 Å². The lowest BCUT2D eigenvalue weighted by molar-refractivity contribution is -0.137. The highest BCUT2D eigenvalue weighted by Gasteiger charge is 2.33. The van der Waals surface area contributed by atoms with Gasteiger partial charge in [-0.2, -0.15) is 18.3 Å². The van der Waals surface area contributed by atoms with E-state index in [9.17, 15) is 26.4 Å². The van der Waals surface area contributed by atoms with Crippen LogP contribution in [0.25, 0.3) is 0 Å². The van der Waals surface area contributed by atoms with E-state index in [0.717, 1.165) is 12.3 Å². The summed E-state index contributed by atoms with van der Waals surface area (Å²) in [6.45, 7) is -0.824. The summed E-state index contributed by atoms with van der Waals surface area (Å²) in [7, 11) is -4.12. The maximum absolute atomic E-state index is 12.9. The Bertz CT molecular complexity index is 944. The van der Waals surface area contributed by atoms with E-state index in [1.54, 1.807) is 12.1 Å². The monoisotopic (exact) mass is 423 g/mol. The molecule has 0 spiro atoms. The van der Waals surface area contributed by atoms with Crippen LogP contribution in [-0.4, -0.2) is 33.3 Å². The second kappa shape index (κ2) is 8.01. The molecule has 7 nitrogen and oxygen atoms in total. The molecule has 146 valence electrons. The minimum absolute atomic E-state index is 0.264. The van der Waals surface area contributed by atoms with Crippen molar-refractivity contribution >= 4 is 39.4 Å². The zero-order valence-electron chi connectivity index (χ0n) is 13.7. The first-order valence-corrected chi connectivity index (χ1v) is 9.41.